The summed E-state index contributed by atoms with van der Waals surface area (Å²) in [7, 11) is 1.49. The Labute approximate surface area is 157 Å². The van der Waals surface area contributed by atoms with Gasteiger partial charge in [0.1, 0.15) is 10.6 Å². The highest BCUT2D eigenvalue weighted by Crippen LogP contribution is 2.35. The Bertz CT molecular complexity index is 985. The van der Waals surface area contributed by atoms with Crippen LogP contribution in [0.4, 0.5) is 0 Å². The van der Waals surface area contributed by atoms with Gasteiger partial charge in [0, 0.05) is 15.1 Å². The quantitative estimate of drug-likeness (QED) is 0.301. The number of nitrogens with zero attached hydrogens (tertiary/aromatic N) is 1. The number of thiophene rings is 1. The number of methoxy groups -OCH3 is 1. The first kappa shape index (κ1) is 17.5. The fourth-order valence-corrected chi connectivity index (χ4v) is 3.76. The van der Waals surface area contributed by atoms with Gasteiger partial charge in [0.2, 0.25) is 0 Å². The Morgan fingerprint density at radius 3 is 2.68 bits per heavy atom. The van der Waals surface area contributed by atoms with E-state index in [0.717, 1.165) is 10.1 Å². The Morgan fingerprint density at radius 2 is 1.96 bits per heavy atom. The minimum Gasteiger partial charge on any atom is -0.496 e. The van der Waals surface area contributed by atoms with Gasteiger partial charge in [-0.25, -0.2) is 4.79 Å². The lowest BCUT2D eigenvalue weighted by Crippen LogP contribution is -2.16. The van der Waals surface area contributed by atoms with E-state index < -0.39 is 5.97 Å². The van der Waals surface area contributed by atoms with Crippen LogP contribution in [0.1, 0.15) is 15.2 Å². The summed E-state index contributed by atoms with van der Waals surface area (Å²) in [5.74, 6) is -0.262. The highest BCUT2D eigenvalue weighted by Gasteiger charge is 2.19. The molecule has 5 nitrogen and oxygen atoms in total. The van der Waals surface area contributed by atoms with Gasteiger partial charge in [-0.05, 0) is 24.3 Å². The maximum atomic E-state index is 12.3. The third kappa shape index (κ3) is 3.56. The molecule has 3 aromatic rings. The van der Waals surface area contributed by atoms with Crippen molar-refractivity contribution in [2.75, 3.05) is 7.11 Å². The molecule has 0 saturated carbocycles. The second-order valence-corrected chi connectivity index (χ2v) is 6.81. The highest BCUT2D eigenvalue weighted by atomic mass is 35.5. The molecule has 2 N–H and O–H groups in total. The number of carbonyl (C=O) groups is 1. The molecule has 0 fully saturated rings. The van der Waals surface area contributed by atoms with Crippen molar-refractivity contribution in [3.8, 4) is 5.75 Å². The van der Waals surface area contributed by atoms with Crippen LogP contribution in [0.5, 0.6) is 5.75 Å². The van der Waals surface area contributed by atoms with E-state index in [2.05, 4.69) is 5.16 Å². The van der Waals surface area contributed by atoms with Gasteiger partial charge in [-0.1, -0.05) is 46.6 Å². The van der Waals surface area contributed by atoms with Gasteiger partial charge in [-0.2, -0.15) is 0 Å². The van der Waals surface area contributed by atoms with Gasteiger partial charge < -0.3 is 15.3 Å². The number of fused-ring (bicyclic) bond motifs is 1. The molecule has 0 unspecified atom stereocenters. The lowest BCUT2D eigenvalue weighted by atomic mass is 10.2. The van der Waals surface area contributed by atoms with Gasteiger partial charge in [-0.3, -0.25) is 0 Å². The zero-order valence-electron chi connectivity index (χ0n) is 13.0. The number of halogens is 2. The van der Waals surface area contributed by atoms with E-state index in [4.69, 9.17) is 38.5 Å². The molecule has 1 heterocycles. The molecule has 0 aliphatic carbocycles. The van der Waals surface area contributed by atoms with E-state index in [1.165, 1.54) is 18.4 Å². The maximum absolute atomic E-state index is 12.3. The minimum absolute atomic E-state index is 0.0371. The number of benzene rings is 2. The molecule has 0 saturated heterocycles. The molecule has 2 aromatic carbocycles. The van der Waals surface area contributed by atoms with Crippen molar-refractivity contribution in [2.45, 2.75) is 0 Å². The molecule has 0 spiro atoms. The third-order valence-corrected chi connectivity index (χ3v) is 5.28. The number of amidine groups is 1. The predicted molar refractivity (Wildman–Crippen MR) is 101 cm³/mol. The summed E-state index contributed by atoms with van der Waals surface area (Å²) in [5.41, 5.74) is 6.31. The van der Waals surface area contributed by atoms with Crippen LogP contribution in [0.3, 0.4) is 0 Å². The van der Waals surface area contributed by atoms with Crippen LogP contribution in [0, 0.1) is 0 Å². The van der Waals surface area contributed by atoms with Gasteiger partial charge in [0.25, 0.3) is 0 Å². The number of hydrogen-bond donors (Lipinski definition) is 1. The van der Waals surface area contributed by atoms with Crippen molar-refractivity contribution in [1.29, 1.82) is 0 Å². The first-order valence-corrected chi connectivity index (χ1v) is 8.64. The van der Waals surface area contributed by atoms with Crippen molar-refractivity contribution in [3.05, 3.63) is 63.0 Å². The topological polar surface area (TPSA) is 73.9 Å². The van der Waals surface area contributed by atoms with E-state index in [-0.39, 0.29) is 10.7 Å². The Balaban J connectivity index is 1.86. The number of ether oxygens (including phenoxy) is 1. The van der Waals surface area contributed by atoms with Crippen LogP contribution >= 0.6 is 34.5 Å². The lowest BCUT2D eigenvalue weighted by Gasteiger charge is -2.07. The van der Waals surface area contributed by atoms with Gasteiger partial charge in [0.05, 0.1) is 17.7 Å². The van der Waals surface area contributed by atoms with Gasteiger partial charge >= 0.3 is 5.97 Å². The van der Waals surface area contributed by atoms with Crippen molar-refractivity contribution in [2.24, 2.45) is 10.9 Å². The van der Waals surface area contributed by atoms with E-state index in [9.17, 15) is 4.79 Å². The fraction of sp³-hybridized carbons (Fsp3) is 0.0588. The summed E-state index contributed by atoms with van der Waals surface area (Å²) in [5, 5.41) is 5.26. The van der Waals surface area contributed by atoms with Gasteiger partial charge in [-0.15, -0.1) is 11.3 Å². The summed E-state index contributed by atoms with van der Waals surface area (Å²) >= 11 is 13.4. The summed E-state index contributed by atoms with van der Waals surface area (Å²) in [6.07, 6.45) is 0. The Kier molecular flexibility index (Phi) is 5.13. The standard InChI is InChI=1S/C17H12Cl2N2O3S/c1-23-12-7-6-9(18)8-11(12)16(20)21-24-17(22)15-14(19)10-4-2-3-5-13(10)25-15/h2-8H,1H3,(H2,20,21). The fourth-order valence-electron chi connectivity index (χ4n) is 2.21. The normalized spacial score (nSPS) is 11.6. The molecule has 1 aromatic heterocycles. The van der Waals surface area contributed by atoms with Crippen molar-refractivity contribution in [1.82, 2.24) is 0 Å². The Hall–Kier alpha value is -2.28. The van der Waals surface area contributed by atoms with E-state index >= 15 is 0 Å². The number of hydrogen-bond acceptors (Lipinski definition) is 5. The maximum Gasteiger partial charge on any atom is 0.377 e. The Morgan fingerprint density at radius 1 is 1.20 bits per heavy atom. The van der Waals surface area contributed by atoms with Crippen molar-refractivity contribution >= 4 is 56.4 Å². The average Bonchev–Trinajstić information content (AvgIpc) is 2.96. The molecular weight excluding hydrogens is 383 g/mol. The number of rotatable bonds is 4. The van der Waals surface area contributed by atoms with E-state index in [0.29, 0.717) is 21.4 Å². The zero-order valence-corrected chi connectivity index (χ0v) is 15.3. The summed E-state index contributed by atoms with van der Waals surface area (Å²) in [6, 6.07) is 12.3. The predicted octanol–water partition coefficient (Wildman–Crippen LogP) is 4.69. The summed E-state index contributed by atoms with van der Waals surface area (Å²) < 4.78 is 6.08. The molecule has 0 amide bonds. The van der Waals surface area contributed by atoms with Crippen LogP contribution in [0.25, 0.3) is 10.1 Å². The second-order valence-electron chi connectivity index (χ2n) is 4.94. The molecule has 0 aliphatic heterocycles. The van der Waals surface area contributed by atoms with E-state index in [1.807, 2.05) is 24.3 Å². The van der Waals surface area contributed by atoms with Crippen LogP contribution in [-0.4, -0.2) is 18.9 Å². The molecule has 3 rings (SSSR count). The van der Waals surface area contributed by atoms with Crippen LogP contribution in [0.2, 0.25) is 10.0 Å². The third-order valence-electron chi connectivity index (χ3n) is 3.38. The number of nitrogens with two attached hydrogens (primary N) is 1. The van der Waals surface area contributed by atoms with Crippen molar-refractivity contribution < 1.29 is 14.4 Å². The minimum atomic E-state index is -0.685. The molecule has 0 atom stereocenters. The largest absolute Gasteiger partial charge is 0.496 e. The van der Waals surface area contributed by atoms with Crippen molar-refractivity contribution in [3.63, 3.8) is 0 Å². The van der Waals surface area contributed by atoms with E-state index in [1.54, 1.807) is 18.2 Å². The molecule has 8 heteroatoms. The lowest BCUT2D eigenvalue weighted by molar-refractivity contribution is 0.0522. The molecule has 0 radical (unpaired) electrons. The smallest absolute Gasteiger partial charge is 0.377 e. The molecular formula is C17H12Cl2N2O3S. The molecule has 0 aliphatic rings. The monoisotopic (exact) mass is 394 g/mol. The average molecular weight is 395 g/mol. The number of oxime groups is 1. The first-order chi connectivity index (χ1) is 12.0. The number of carbonyl (C=O) groups excluding carboxylic acids is 1. The zero-order chi connectivity index (χ0) is 18.0. The molecule has 128 valence electrons. The summed E-state index contributed by atoms with van der Waals surface area (Å²) in [6.45, 7) is 0. The second kappa shape index (κ2) is 7.31. The van der Waals surface area contributed by atoms with Gasteiger partial charge in [0.15, 0.2) is 5.84 Å². The van der Waals surface area contributed by atoms with Crippen LogP contribution < -0.4 is 10.5 Å². The SMILES string of the molecule is COc1ccc(Cl)cc1/C(N)=N/OC(=O)c1sc2ccccc2c1Cl. The highest BCUT2D eigenvalue weighted by molar-refractivity contribution is 7.21. The van der Waals surface area contributed by atoms with Crippen LogP contribution in [0.15, 0.2) is 47.6 Å². The molecule has 0 bridgehead atoms. The first-order valence-electron chi connectivity index (χ1n) is 7.07. The van der Waals surface area contributed by atoms with Crippen LogP contribution in [-0.2, 0) is 4.84 Å². The summed E-state index contributed by atoms with van der Waals surface area (Å²) in [4.78, 5) is 17.5. The molecule has 25 heavy (non-hydrogen) atoms.